The van der Waals surface area contributed by atoms with Crippen molar-refractivity contribution in [3.63, 3.8) is 0 Å². The van der Waals surface area contributed by atoms with Crippen molar-refractivity contribution in [2.45, 2.75) is 25.4 Å². The van der Waals surface area contributed by atoms with E-state index in [2.05, 4.69) is 6.92 Å². The van der Waals surface area contributed by atoms with Gasteiger partial charge in [-0.3, -0.25) is 0 Å². The van der Waals surface area contributed by atoms with Gasteiger partial charge in [0, 0.05) is 0 Å². The van der Waals surface area contributed by atoms with Crippen LogP contribution >= 0.6 is 8.58 Å². The Kier molecular flexibility index (Phi) is 1.48. The summed E-state index contributed by atoms with van der Waals surface area (Å²) >= 11 is 0. The second-order valence-corrected chi connectivity index (χ2v) is 3.57. The summed E-state index contributed by atoms with van der Waals surface area (Å²) < 4.78 is 0. The molecule has 0 bridgehead atoms. The van der Waals surface area contributed by atoms with Gasteiger partial charge in [0.05, 0.1) is 0 Å². The Morgan fingerprint density at radius 1 is 1.83 bits per heavy atom. The van der Waals surface area contributed by atoms with Crippen molar-refractivity contribution in [1.29, 1.82) is 0 Å². The molecule has 1 saturated heterocycles. The fourth-order valence-corrected chi connectivity index (χ4v) is 1.68. The minimum Gasteiger partial charge on any atom is -0.119 e. The van der Waals surface area contributed by atoms with E-state index in [-0.39, 0.29) is 0 Å². The minimum atomic E-state index is 1.14. The second kappa shape index (κ2) is 1.93. The summed E-state index contributed by atoms with van der Waals surface area (Å²) in [6.45, 7) is 2.29. The summed E-state index contributed by atoms with van der Waals surface area (Å²) in [6.07, 6.45) is 4.48. The SMILES string of the molecule is CCC1CCP1. The molecule has 1 heteroatoms. The van der Waals surface area contributed by atoms with Gasteiger partial charge in [0.2, 0.25) is 0 Å². The Hall–Kier alpha value is 0.430. The van der Waals surface area contributed by atoms with E-state index in [0.717, 1.165) is 5.66 Å². The van der Waals surface area contributed by atoms with Crippen LogP contribution in [0.25, 0.3) is 0 Å². The zero-order chi connectivity index (χ0) is 4.41. The van der Waals surface area contributed by atoms with Gasteiger partial charge in [-0.25, -0.2) is 0 Å². The van der Waals surface area contributed by atoms with E-state index in [1.807, 2.05) is 0 Å². The van der Waals surface area contributed by atoms with Crippen LogP contribution in [0.3, 0.4) is 0 Å². The maximum absolute atomic E-state index is 2.29. The van der Waals surface area contributed by atoms with Crippen molar-refractivity contribution in [3.8, 4) is 0 Å². The van der Waals surface area contributed by atoms with Crippen molar-refractivity contribution in [2.24, 2.45) is 0 Å². The molecule has 0 amide bonds. The molecule has 2 atom stereocenters. The van der Waals surface area contributed by atoms with Crippen LogP contribution in [0.15, 0.2) is 0 Å². The predicted molar refractivity (Wildman–Crippen MR) is 31.9 cm³/mol. The molecule has 1 aliphatic heterocycles. The lowest BCUT2D eigenvalue weighted by Gasteiger charge is -2.23. The fraction of sp³-hybridized carbons (Fsp3) is 1.00. The lowest BCUT2D eigenvalue weighted by atomic mass is 10.2. The van der Waals surface area contributed by atoms with E-state index in [1.54, 1.807) is 0 Å². The molecule has 0 N–H and O–H groups in total. The van der Waals surface area contributed by atoms with E-state index >= 15 is 0 Å². The molecule has 1 heterocycles. The lowest BCUT2D eigenvalue weighted by Crippen LogP contribution is -2.10. The third-order valence-corrected chi connectivity index (χ3v) is 3.27. The van der Waals surface area contributed by atoms with Gasteiger partial charge in [-0.2, -0.15) is 0 Å². The summed E-state index contributed by atoms with van der Waals surface area (Å²) in [6, 6.07) is 0. The summed E-state index contributed by atoms with van der Waals surface area (Å²) in [7, 11) is 1.31. The van der Waals surface area contributed by atoms with Crippen LogP contribution in [0.5, 0.6) is 0 Å². The molecule has 0 aromatic carbocycles. The van der Waals surface area contributed by atoms with E-state index in [9.17, 15) is 0 Å². The fourth-order valence-electron chi connectivity index (χ4n) is 0.697. The minimum absolute atomic E-state index is 1.14. The molecule has 0 radical (unpaired) electrons. The standard InChI is InChI=1S/C5H11P/c1-2-5-3-4-6-5/h5-6H,2-4H2,1H3. The highest BCUT2D eigenvalue weighted by molar-refractivity contribution is 7.40. The maximum Gasteiger partial charge on any atom is -0.0236 e. The monoisotopic (exact) mass is 102 g/mol. The van der Waals surface area contributed by atoms with Gasteiger partial charge in [0.1, 0.15) is 0 Å². The maximum atomic E-state index is 2.29. The molecule has 0 saturated carbocycles. The Balaban J connectivity index is 2.01. The Bertz CT molecular complexity index is 36.4. The average Bonchev–Trinajstić information content (AvgIpc) is 1.31. The van der Waals surface area contributed by atoms with Crippen LogP contribution in [0.4, 0.5) is 0 Å². The van der Waals surface area contributed by atoms with Crippen molar-refractivity contribution in [1.82, 2.24) is 0 Å². The molecule has 0 nitrogen and oxygen atoms in total. The van der Waals surface area contributed by atoms with Crippen LogP contribution in [-0.4, -0.2) is 11.8 Å². The number of hydrogen-bond donors (Lipinski definition) is 0. The largest absolute Gasteiger partial charge is 0.119 e. The molecule has 0 aliphatic carbocycles. The molecular weight excluding hydrogens is 91.0 g/mol. The highest BCUT2D eigenvalue weighted by atomic mass is 31.1. The molecule has 2 unspecified atom stereocenters. The van der Waals surface area contributed by atoms with Crippen molar-refractivity contribution in [2.75, 3.05) is 6.16 Å². The first kappa shape index (κ1) is 4.59. The van der Waals surface area contributed by atoms with Crippen LogP contribution in [0.2, 0.25) is 0 Å². The summed E-state index contributed by atoms with van der Waals surface area (Å²) in [5.74, 6) is 0. The lowest BCUT2D eigenvalue weighted by molar-refractivity contribution is 0.745. The molecule has 6 heavy (non-hydrogen) atoms. The Labute approximate surface area is 41.1 Å². The molecule has 36 valence electrons. The Morgan fingerprint density at radius 2 is 2.50 bits per heavy atom. The smallest absolute Gasteiger partial charge is 0.0236 e. The van der Waals surface area contributed by atoms with Gasteiger partial charge in [-0.05, 0) is 24.7 Å². The number of hydrogen-bond acceptors (Lipinski definition) is 0. The summed E-state index contributed by atoms with van der Waals surface area (Å²) in [4.78, 5) is 0. The molecular formula is C5H11P. The summed E-state index contributed by atoms with van der Waals surface area (Å²) in [5, 5.41) is 0. The highest BCUT2D eigenvalue weighted by Crippen LogP contribution is 2.36. The van der Waals surface area contributed by atoms with E-state index in [0.29, 0.717) is 0 Å². The van der Waals surface area contributed by atoms with Crippen LogP contribution < -0.4 is 0 Å². The van der Waals surface area contributed by atoms with Crippen LogP contribution in [0, 0.1) is 0 Å². The van der Waals surface area contributed by atoms with Gasteiger partial charge in [-0.15, -0.1) is 8.58 Å². The van der Waals surface area contributed by atoms with Crippen molar-refractivity contribution in [3.05, 3.63) is 0 Å². The van der Waals surface area contributed by atoms with Gasteiger partial charge < -0.3 is 0 Å². The predicted octanol–water partition coefficient (Wildman–Crippen LogP) is 1.85. The molecule has 0 aromatic heterocycles. The first-order valence-electron chi connectivity index (χ1n) is 2.67. The Morgan fingerprint density at radius 3 is 2.50 bits per heavy atom. The molecule has 0 spiro atoms. The van der Waals surface area contributed by atoms with Gasteiger partial charge in [0.25, 0.3) is 0 Å². The topological polar surface area (TPSA) is 0 Å². The van der Waals surface area contributed by atoms with Crippen molar-refractivity contribution < 1.29 is 0 Å². The molecule has 0 aromatic rings. The molecule has 1 aliphatic rings. The third kappa shape index (κ3) is 0.733. The van der Waals surface area contributed by atoms with E-state index in [1.165, 1.54) is 27.6 Å². The molecule has 1 fully saturated rings. The van der Waals surface area contributed by atoms with Crippen LogP contribution in [0.1, 0.15) is 19.8 Å². The zero-order valence-corrected chi connectivity index (χ0v) is 5.20. The summed E-state index contributed by atoms with van der Waals surface area (Å²) in [5.41, 5.74) is 1.14. The van der Waals surface area contributed by atoms with Gasteiger partial charge in [0.15, 0.2) is 0 Å². The van der Waals surface area contributed by atoms with E-state index < -0.39 is 0 Å². The first-order chi connectivity index (χ1) is 2.93. The third-order valence-electron chi connectivity index (χ3n) is 1.42. The molecule has 1 rings (SSSR count). The first-order valence-corrected chi connectivity index (χ1v) is 3.95. The normalized spacial score (nSPS) is 36.5. The van der Waals surface area contributed by atoms with Crippen molar-refractivity contribution >= 4 is 8.58 Å². The van der Waals surface area contributed by atoms with E-state index in [4.69, 9.17) is 0 Å². The van der Waals surface area contributed by atoms with Crippen LogP contribution in [-0.2, 0) is 0 Å². The van der Waals surface area contributed by atoms with Gasteiger partial charge in [-0.1, -0.05) is 6.92 Å². The zero-order valence-electron chi connectivity index (χ0n) is 4.20. The second-order valence-electron chi connectivity index (χ2n) is 1.85. The quantitative estimate of drug-likeness (QED) is 0.443. The highest BCUT2D eigenvalue weighted by Gasteiger charge is 2.13. The number of rotatable bonds is 1. The van der Waals surface area contributed by atoms with Gasteiger partial charge >= 0.3 is 0 Å². The average molecular weight is 102 g/mol.